The van der Waals surface area contributed by atoms with E-state index in [4.69, 9.17) is 0 Å². The number of alkyl halides is 24. The fraction of sp³-hybridized carbons (Fsp3) is 0.226. The number of benzene rings is 6. The third kappa shape index (κ3) is 14.2. The van der Waals surface area contributed by atoms with Gasteiger partial charge in [0, 0.05) is 23.3 Å². The predicted molar refractivity (Wildman–Crippen MR) is 242 cm³/mol. The van der Waals surface area contributed by atoms with Crippen LogP contribution in [-0.4, -0.2) is 6.15 Å². The summed E-state index contributed by atoms with van der Waals surface area (Å²) in [4.78, 5) is 0. The van der Waals surface area contributed by atoms with Crippen LogP contribution in [0.1, 0.15) is 75.4 Å². The third-order valence-corrected chi connectivity index (χ3v) is 12.4. The van der Waals surface area contributed by atoms with E-state index in [-0.39, 0.29) is 0 Å². The van der Waals surface area contributed by atoms with Gasteiger partial charge in [0.05, 0.1) is 44.5 Å². The highest BCUT2D eigenvalue weighted by Gasteiger charge is 2.47. The topological polar surface area (TPSA) is 3.88 Å². The summed E-state index contributed by atoms with van der Waals surface area (Å²) in [7, 11) is 0. The summed E-state index contributed by atoms with van der Waals surface area (Å²) in [5.74, 6) is 0.571. The molecule has 26 heteroatoms. The molecule has 422 valence electrons. The lowest BCUT2D eigenvalue weighted by molar-refractivity contribution is -0.677. The van der Waals surface area contributed by atoms with Gasteiger partial charge in [-0.15, -0.1) is 0 Å². The van der Waals surface area contributed by atoms with Crippen molar-refractivity contribution in [1.82, 2.24) is 0 Å². The molecule has 0 fully saturated rings. The first-order chi connectivity index (χ1) is 36.0. The highest BCUT2D eigenvalue weighted by atomic mass is 19.4. The van der Waals surface area contributed by atoms with Gasteiger partial charge in [0.15, 0.2) is 12.7 Å². The number of hydrogen-bond acceptors (Lipinski definition) is 0. The van der Waals surface area contributed by atoms with Crippen LogP contribution in [-0.2, 0) is 56.0 Å². The van der Waals surface area contributed by atoms with E-state index in [0.717, 1.165) is 6.54 Å². The van der Waals surface area contributed by atoms with Gasteiger partial charge in [0.2, 0.25) is 5.69 Å². The summed E-state index contributed by atoms with van der Waals surface area (Å²) >= 11 is 0. The van der Waals surface area contributed by atoms with E-state index in [1.54, 1.807) is 0 Å². The summed E-state index contributed by atoms with van der Waals surface area (Å²) < 4.78 is 343. The maximum absolute atomic E-state index is 14.2. The molecule has 1 nitrogen and oxygen atoms in total. The fourth-order valence-electron chi connectivity index (χ4n) is 8.77. The van der Waals surface area contributed by atoms with Crippen LogP contribution in [0, 0.1) is 0 Å². The molecule has 79 heavy (non-hydrogen) atoms. The molecule has 1 aromatic heterocycles. The summed E-state index contributed by atoms with van der Waals surface area (Å²) in [6.07, 6.45) is -52.7. The second-order valence-electron chi connectivity index (χ2n) is 18.2. The highest BCUT2D eigenvalue weighted by molar-refractivity contribution is 7.20. The van der Waals surface area contributed by atoms with Crippen molar-refractivity contribution in [2.45, 2.75) is 75.7 Å². The van der Waals surface area contributed by atoms with Crippen molar-refractivity contribution in [1.29, 1.82) is 0 Å². The molecule has 0 amide bonds. The Hall–Kier alpha value is -7.15. The van der Waals surface area contributed by atoms with Crippen LogP contribution >= 0.6 is 0 Å². The summed E-state index contributed by atoms with van der Waals surface area (Å²) in [6.45, 7) is 5.35. The molecule has 0 atom stereocenters. The first-order valence-corrected chi connectivity index (χ1v) is 22.5. The molecule has 0 aliphatic heterocycles. The van der Waals surface area contributed by atoms with E-state index in [1.165, 1.54) is 22.4 Å². The number of nitrogens with zero attached hydrogens (tertiary/aromatic N) is 1. The van der Waals surface area contributed by atoms with E-state index >= 15 is 0 Å². The lowest BCUT2D eigenvalue weighted by atomic mass is 9.12. The smallest absolute Gasteiger partial charge is 0.194 e. The van der Waals surface area contributed by atoms with Gasteiger partial charge in [-0.1, -0.05) is 105 Å². The highest BCUT2D eigenvalue weighted by Crippen LogP contribution is 2.41. The molecule has 0 unspecified atom stereocenters. The zero-order valence-corrected chi connectivity index (χ0v) is 39.8. The van der Waals surface area contributed by atoms with Crippen molar-refractivity contribution in [3.63, 3.8) is 0 Å². The lowest BCUT2D eigenvalue weighted by Gasteiger charge is -2.46. The number of halogens is 24. The fourth-order valence-corrected chi connectivity index (χ4v) is 8.77. The minimum Gasteiger partial charge on any atom is -0.194 e. The summed E-state index contributed by atoms with van der Waals surface area (Å²) in [5, 5.41) is 0. The largest absolute Gasteiger partial charge is 0.416 e. The molecule has 0 N–H and O–H groups in total. The molecule has 0 saturated carbocycles. The SMILES string of the molecule is CC(C)c1ccc(-c2cccc[n+]2Cc2ccccc2)cc1.FC(F)(F)c1cc([B-](c2cc(C(F)(F)F)cc(C(F)(F)F)c2)(c2cc(C(F)(F)F)cc(C(F)(F)F)c2)c2cc(C(F)(F)F)cc(C(F)(F)F)c2)cc(C(F)(F)F)c1. The lowest BCUT2D eigenvalue weighted by Crippen LogP contribution is -2.75. The van der Waals surface area contributed by atoms with Crippen LogP contribution in [0.25, 0.3) is 11.3 Å². The Labute approximate surface area is 431 Å². The van der Waals surface area contributed by atoms with Gasteiger partial charge in [0.1, 0.15) is 6.15 Å². The molecule has 0 radical (unpaired) electrons. The second kappa shape index (κ2) is 21.5. The number of rotatable bonds is 8. The Bertz CT molecular complexity index is 2830. The Balaban J connectivity index is 0.000000378. The molecular weight excluding hydrogens is 1120 g/mol. The quantitative estimate of drug-likeness (QED) is 0.0811. The van der Waals surface area contributed by atoms with E-state index < -0.39 is 195 Å². The van der Waals surface area contributed by atoms with Gasteiger partial charge in [-0.05, 0) is 53.9 Å². The third-order valence-electron chi connectivity index (χ3n) is 12.4. The van der Waals surface area contributed by atoms with E-state index in [2.05, 4.69) is 97.4 Å². The summed E-state index contributed by atoms with van der Waals surface area (Å²) in [6, 6.07) is 17.1. The first kappa shape index (κ1) is 61.1. The molecule has 0 aliphatic rings. The second-order valence-corrected chi connectivity index (χ2v) is 18.2. The Morgan fingerprint density at radius 1 is 0.329 bits per heavy atom. The number of pyridine rings is 1. The first-order valence-electron chi connectivity index (χ1n) is 22.5. The molecule has 0 spiro atoms. The molecular formula is C53H34BF24N. The van der Waals surface area contributed by atoms with Gasteiger partial charge in [-0.3, -0.25) is 0 Å². The van der Waals surface area contributed by atoms with E-state index in [0.29, 0.717) is 5.92 Å². The average Bonchev–Trinajstić information content (AvgIpc) is 3.53. The predicted octanol–water partition coefficient (Wildman–Crippen LogP) is 16.0. The zero-order chi connectivity index (χ0) is 59.3. The van der Waals surface area contributed by atoms with Crippen LogP contribution in [0.15, 0.2) is 152 Å². The van der Waals surface area contributed by atoms with Crippen molar-refractivity contribution in [3.05, 3.63) is 207 Å². The van der Waals surface area contributed by atoms with Crippen molar-refractivity contribution in [2.75, 3.05) is 0 Å². The molecule has 1 heterocycles. The van der Waals surface area contributed by atoms with Gasteiger partial charge in [-0.25, -0.2) is 0 Å². The Morgan fingerprint density at radius 3 is 0.848 bits per heavy atom. The van der Waals surface area contributed by atoms with Crippen LogP contribution in [0.3, 0.4) is 0 Å². The van der Waals surface area contributed by atoms with Crippen LogP contribution in [0.4, 0.5) is 105 Å². The minimum atomic E-state index is -6.13. The van der Waals surface area contributed by atoms with Crippen molar-refractivity contribution in [2.24, 2.45) is 0 Å². The number of hydrogen-bond donors (Lipinski definition) is 0. The normalized spacial score (nSPS) is 13.4. The van der Waals surface area contributed by atoms with Gasteiger partial charge < -0.3 is 0 Å². The summed E-state index contributed by atoms with van der Waals surface area (Å²) in [5.41, 5.74) is -25.0. The van der Waals surface area contributed by atoms with Crippen LogP contribution < -0.4 is 26.4 Å². The Morgan fingerprint density at radius 2 is 0.595 bits per heavy atom. The van der Waals surface area contributed by atoms with Gasteiger partial charge >= 0.3 is 49.4 Å². The van der Waals surface area contributed by atoms with Crippen molar-refractivity contribution in [3.8, 4) is 11.3 Å². The molecule has 7 rings (SSSR count). The van der Waals surface area contributed by atoms with E-state index in [1.807, 2.05) is 0 Å². The zero-order valence-electron chi connectivity index (χ0n) is 39.8. The maximum atomic E-state index is 14.2. The van der Waals surface area contributed by atoms with Crippen LogP contribution in [0.5, 0.6) is 0 Å². The van der Waals surface area contributed by atoms with E-state index in [9.17, 15) is 105 Å². The Kier molecular flexibility index (Phi) is 16.6. The molecule has 6 aromatic carbocycles. The monoisotopic (exact) mass is 1150 g/mol. The van der Waals surface area contributed by atoms with Crippen molar-refractivity contribution < 1.29 is 110 Å². The van der Waals surface area contributed by atoms with Gasteiger partial charge in [0.25, 0.3) is 0 Å². The molecule has 0 aliphatic carbocycles. The molecule has 0 saturated heterocycles. The molecule has 0 bridgehead atoms. The maximum Gasteiger partial charge on any atom is 0.416 e. The standard InChI is InChI=1S/C32H12BF24.C21H22N/c34-25(35,36)13-1-14(26(37,38)39)6-21(5-13)33(22-7-15(27(40,41)42)2-16(8-22)28(43,44)45,23-9-17(29(46,47)48)3-18(10-23)30(49,50)51)24-11-19(31(52,53)54)4-20(12-24)32(55,56)57;1-17(2)19-11-13-20(14-12-19)21-10-6-7-15-22(21)16-18-8-4-3-5-9-18/h1-12H;3-15,17H,16H2,1-2H3/q-1;+1. The van der Waals surface area contributed by atoms with Gasteiger partial charge in [-0.2, -0.15) is 132 Å². The van der Waals surface area contributed by atoms with Crippen molar-refractivity contribution >= 4 is 28.0 Å². The molecule has 7 aromatic rings. The van der Waals surface area contributed by atoms with Crippen LogP contribution in [0.2, 0.25) is 0 Å². The average molecular weight is 1150 g/mol. The minimum absolute atomic E-state index is 0.571. The number of aromatic nitrogens is 1.